The van der Waals surface area contributed by atoms with Crippen molar-refractivity contribution in [1.82, 2.24) is 15.5 Å². The van der Waals surface area contributed by atoms with Crippen LogP contribution in [0.1, 0.15) is 17.0 Å². The average Bonchev–Trinajstić information content (AvgIpc) is 2.61. The molecule has 0 aliphatic rings. The predicted octanol–water partition coefficient (Wildman–Crippen LogP) is 1.22. The van der Waals surface area contributed by atoms with Crippen LogP contribution in [0.25, 0.3) is 0 Å². The minimum absolute atomic E-state index is 0.0266. The first-order valence-corrected chi connectivity index (χ1v) is 6.95. The summed E-state index contributed by atoms with van der Waals surface area (Å²) in [6, 6.07) is 14.7. The van der Waals surface area contributed by atoms with E-state index in [1.165, 1.54) is 5.01 Å². The third kappa shape index (κ3) is 5.95. The van der Waals surface area contributed by atoms with Gasteiger partial charge >= 0.3 is 0 Å². The van der Waals surface area contributed by atoms with Crippen molar-refractivity contribution >= 4 is 11.5 Å². The Kier molecular flexibility index (Phi) is 7.55. The van der Waals surface area contributed by atoms with E-state index in [9.17, 15) is 0 Å². The largest absolute Gasteiger partial charge is 0.390 e. The van der Waals surface area contributed by atoms with Crippen molar-refractivity contribution in [2.45, 2.75) is 13.5 Å². The Morgan fingerprint density at radius 1 is 1.17 bits per heavy atom. The second-order valence-corrected chi connectivity index (χ2v) is 4.71. The van der Waals surface area contributed by atoms with Gasteiger partial charge in [0.25, 0.3) is 0 Å². The van der Waals surface area contributed by atoms with Crippen LogP contribution in [-0.2, 0) is 6.61 Å². The first kappa shape index (κ1) is 18.4. The molecular formula is C16H22N6O. The van der Waals surface area contributed by atoms with E-state index in [0.29, 0.717) is 5.56 Å². The number of benzene rings is 1. The van der Waals surface area contributed by atoms with E-state index in [1.54, 1.807) is 25.2 Å². The van der Waals surface area contributed by atoms with Crippen molar-refractivity contribution in [3.05, 3.63) is 65.5 Å². The van der Waals surface area contributed by atoms with E-state index >= 15 is 0 Å². The number of aryl methyl sites for hydroxylation is 1. The molecule has 122 valence electrons. The second-order valence-electron chi connectivity index (χ2n) is 4.71. The number of pyridine rings is 1. The summed E-state index contributed by atoms with van der Waals surface area (Å²) in [6.07, 6.45) is 0. The van der Waals surface area contributed by atoms with Crippen molar-refractivity contribution in [3.63, 3.8) is 0 Å². The number of nitrogens with one attached hydrogen (secondary N) is 3. The number of hydrogen-bond acceptors (Lipinski definition) is 6. The molecule has 0 radical (unpaired) electrons. The van der Waals surface area contributed by atoms with Gasteiger partial charge in [0, 0.05) is 18.3 Å². The van der Waals surface area contributed by atoms with Gasteiger partial charge in [0.1, 0.15) is 5.71 Å². The van der Waals surface area contributed by atoms with Crippen LogP contribution < -0.4 is 11.4 Å². The van der Waals surface area contributed by atoms with E-state index in [2.05, 4.69) is 10.5 Å². The first-order chi connectivity index (χ1) is 11.0. The highest BCUT2D eigenvalue weighted by molar-refractivity contribution is 6.44. The molecule has 7 nitrogen and oxygen atoms in total. The Balaban J connectivity index is 0.000000253. The van der Waals surface area contributed by atoms with Gasteiger partial charge in [-0.3, -0.25) is 26.7 Å². The summed E-state index contributed by atoms with van der Waals surface area (Å²) in [5.74, 6) is 5.15. The van der Waals surface area contributed by atoms with Crippen LogP contribution in [0.15, 0.2) is 48.5 Å². The molecule has 0 spiro atoms. The molecule has 0 aliphatic carbocycles. The maximum absolute atomic E-state index is 8.60. The lowest BCUT2D eigenvalue weighted by atomic mass is 10.1. The number of nitrogens with zero attached hydrogens (tertiary/aromatic N) is 2. The molecule has 0 bridgehead atoms. The van der Waals surface area contributed by atoms with Crippen molar-refractivity contribution in [1.29, 1.82) is 10.8 Å². The number of nitrogens with two attached hydrogens (primary N) is 1. The Labute approximate surface area is 135 Å². The fourth-order valence-corrected chi connectivity index (χ4v) is 1.66. The number of rotatable bonds is 4. The lowest BCUT2D eigenvalue weighted by molar-refractivity contribution is 0.276. The molecule has 7 heteroatoms. The smallest absolute Gasteiger partial charge is 0.162 e. The van der Waals surface area contributed by atoms with Crippen LogP contribution in [0.4, 0.5) is 0 Å². The van der Waals surface area contributed by atoms with Crippen LogP contribution in [0.2, 0.25) is 0 Å². The number of aromatic nitrogens is 1. The van der Waals surface area contributed by atoms with E-state index in [4.69, 9.17) is 21.8 Å². The molecule has 0 aliphatic heterocycles. The molecular weight excluding hydrogens is 292 g/mol. The van der Waals surface area contributed by atoms with Gasteiger partial charge in [-0.05, 0) is 19.1 Å². The second kappa shape index (κ2) is 9.42. The monoisotopic (exact) mass is 314 g/mol. The Morgan fingerprint density at radius 2 is 1.83 bits per heavy atom. The minimum Gasteiger partial charge on any atom is -0.390 e. The van der Waals surface area contributed by atoms with Gasteiger partial charge in [0.05, 0.1) is 12.3 Å². The fraction of sp³-hybridized carbons (Fsp3) is 0.188. The summed E-state index contributed by atoms with van der Waals surface area (Å²) >= 11 is 0. The van der Waals surface area contributed by atoms with E-state index < -0.39 is 0 Å². The van der Waals surface area contributed by atoms with Gasteiger partial charge in [-0.15, -0.1) is 0 Å². The summed E-state index contributed by atoms with van der Waals surface area (Å²) in [5, 5.41) is 25.2. The highest BCUT2D eigenvalue weighted by Gasteiger charge is 2.10. The van der Waals surface area contributed by atoms with E-state index in [1.807, 2.05) is 37.3 Å². The zero-order valence-electron chi connectivity index (χ0n) is 13.2. The minimum atomic E-state index is 0.0266. The van der Waals surface area contributed by atoms with E-state index in [0.717, 1.165) is 11.4 Å². The lowest BCUT2D eigenvalue weighted by Crippen LogP contribution is -2.46. The van der Waals surface area contributed by atoms with Crippen LogP contribution in [0.3, 0.4) is 0 Å². The third-order valence-electron chi connectivity index (χ3n) is 2.94. The van der Waals surface area contributed by atoms with Crippen molar-refractivity contribution < 1.29 is 5.11 Å². The molecule has 2 aromatic rings. The normalized spacial score (nSPS) is 9.57. The molecule has 23 heavy (non-hydrogen) atoms. The predicted molar refractivity (Wildman–Crippen MR) is 91.0 cm³/mol. The number of amidine groups is 1. The average molecular weight is 314 g/mol. The standard InChI is InChI=1S/C9H13N5.C7H9NO/c1-14(13-12)9(11)8(10)7-5-3-2-4-6-7;1-6-3-2-4-7(5-9)8-6/h2-6,10-11,13H,12H2,1H3;2-4,9H,5H2,1H3. The van der Waals surface area contributed by atoms with E-state index in [-0.39, 0.29) is 18.2 Å². The van der Waals surface area contributed by atoms with Crippen LogP contribution >= 0.6 is 0 Å². The topological polar surface area (TPSA) is 122 Å². The first-order valence-electron chi connectivity index (χ1n) is 6.95. The van der Waals surface area contributed by atoms with Gasteiger partial charge in [-0.2, -0.15) is 5.53 Å². The SMILES string of the molecule is CN(NN)C(=N)C(=N)c1ccccc1.Cc1cccc(CO)n1. The fourth-order valence-electron chi connectivity index (χ4n) is 1.66. The zero-order chi connectivity index (χ0) is 17.2. The molecule has 1 aromatic heterocycles. The molecule has 0 amide bonds. The summed E-state index contributed by atoms with van der Waals surface area (Å²) < 4.78 is 0. The highest BCUT2D eigenvalue weighted by Crippen LogP contribution is 2.01. The zero-order valence-corrected chi connectivity index (χ0v) is 13.2. The van der Waals surface area contributed by atoms with Gasteiger partial charge in [0.15, 0.2) is 5.84 Å². The Morgan fingerprint density at radius 3 is 2.30 bits per heavy atom. The van der Waals surface area contributed by atoms with Gasteiger partial charge in [-0.25, -0.2) is 0 Å². The molecule has 0 unspecified atom stereocenters. The molecule has 0 atom stereocenters. The number of aliphatic hydroxyl groups excluding tert-OH is 1. The number of hydrazine groups is 2. The molecule has 1 heterocycles. The quantitative estimate of drug-likeness (QED) is 0.251. The van der Waals surface area contributed by atoms with Gasteiger partial charge < -0.3 is 5.11 Å². The molecule has 0 saturated heterocycles. The van der Waals surface area contributed by atoms with Gasteiger partial charge in [-0.1, -0.05) is 36.4 Å². The summed E-state index contributed by atoms with van der Waals surface area (Å²) in [6.45, 7) is 1.93. The molecule has 2 rings (SSSR count). The Hall–Kier alpha value is -2.61. The van der Waals surface area contributed by atoms with Crippen molar-refractivity contribution in [2.75, 3.05) is 7.05 Å². The molecule has 6 N–H and O–H groups in total. The summed E-state index contributed by atoms with van der Waals surface area (Å²) in [5.41, 5.74) is 4.79. The Bertz CT molecular complexity index is 644. The number of likely N-dealkylation sites (N-methyl/N-ethyl adjacent to an activating group) is 1. The molecule has 0 saturated carbocycles. The van der Waals surface area contributed by atoms with Crippen molar-refractivity contribution in [3.8, 4) is 0 Å². The van der Waals surface area contributed by atoms with Crippen LogP contribution in [0, 0.1) is 17.7 Å². The summed E-state index contributed by atoms with van der Waals surface area (Å²) in [4.78, 5) is 4.04. The highest BCUT2D eigenvalue weighted by atomic mass is 16.3. The lowest BCUT2D eigenvalue weighted by Gasteiger charge is -2.18. The maximum atomic E-state index is 8.60. The number of aliphatic hydroxyl groups is 1. The molecule has 0 fully saturated rings. The van der Waals surface area contributed by atoms with Crippen LogP contribution in [0.5, 0.6) is 0 Å². The van der Waals surface area contributed by atoms with Crippen LogP contribution in [-0.4, -0.2) is 33.7 Å². The maximum Gasteiger partial charge on any atom is 0.162 e. The summed E-state index contributed by atoms with van der Waals surface area (Å²) in [7, 11) is 1.58. The molecule has 1 aromatic carbocycles. The number of hydrogen-bond donors (Lipinski definition) is 5. The van der Waals surface area contributed by atoms with Crippen molar-refractivity contribution in [2.24, 2.45) is 5.84 Å². The van der Waals surface area contributed by atoms with Gasteiger partial charge in [0.2, 0.25) is 0 Å². The third-order valence-corrected chi connectivity index (χ3v) is 2.94.